The van der Waals surface area contributed by atoms with Gasteiger partial charge in [-0.1, -0.05) is 29.8 Å². The third-order valence-electron chi connectivity index (χ3n) is 3.81. The van der Waals surface area contributed by atoms with Crippen molar-refractivity contribution in [3.05, 3.63) is 57.4 Å². The maximum Gasteiger partial charge on any atom is 0.150 e. The van der Waals surface area contributed by atoms with Crippen LogP contribution in [0.15, 0.2) is 40.9 Å². The first-order valence-electron chi connectivity index (χ1n) is 7.28. The molecular formula is C17H14BrClFNO3S. The van der Waals surface area contributed by atoms with E-state index in [1.165, 1.54) is 6.07 Å². The van der Waals surface area contributed by atoms with Crippen LogP contribution < -0.4 is 0 Å². The van der Waals surface area contributed by atoms with Crippen molar-refractivity contribution < 1.29 is 17.9 Å². The van der Waals surface area contributed by atoms with Crippen LogP contribution in [0.25, 0.3) is 22.0 Å². The van der Waals surface area contributed by atoms with Crippen LogP contribution in [0.3, 0.4) is 0 Å². The first-order chi connectivity index (χ1) is 11.7. The molecule has 3 aromatic rings. The van der Waals surface area contributed by atoms with E-state index in [-0.39, 0.29) is 11.3 Å². The van der Waals surface area contributed by atoms with Crippen LogP contribution >= 0.6 is 27.5 Å². The number of benzene rings is 2. The molecule has 3 rings (SSSR count). The van der Waals surface area contributed by atoms with Gasteiger partial charge < -0.3 is 10.1 Å². The maximum absolute atomic E-state index is 14.4. The van der Waals surface area contributed by atoms with Gasteiger partial charge in [-0.2, -0.15) is 0 Å². The quantitative estimate of drug-likeness (QED) is 0.621. The van der Waals surface area contributed by atoms with E-state index in [0.29, 0.717) is 26.0 Å². The van der Waals surface area contributed by atoms with Crippen molar-refractivity contribution in [2.45, 2.75) is 6.10 Å². The maximum atomic E-state index is 14.4. The van der Waals surface area contributed by atoms with E-state index >= 15 is 0 Å². The normalized spacial score (nSPS) is 13.3. The Morgan fingerprint density at radius 3 is 2.64 bits per heavy atom. The number of hydrogen-bond donors (Lipinski definition) is 2. The van der Waals surface area contributed by atoms with Crippen molar-refractivity contribution in [3.63, 3.8) is 0 Å². The Morgan fingerprint density at radius 1 is 1.32 bits per heavy atom. The molecule has 8 heteroatoms. The van der Waals surface area contributed by atoms with E-state index in [4.69, 9.17) is 11.6 Å². The first kappa shape index (κ1) is 18.4. The van der Waals surface area contributed by atoms with E-state index in [1.807, 2.05) is 0 Å². The molecule has 1 aromatic heterocycles. The smallest absolute Gasteiger partial charge is 0.150 e. The molecule has 1 unspecified atom stereocenters. The van der Waals surface area contributed by atoms with E-state index in [2.05, 4.69) is 20.9 Å². The van der Waals surface area contributed by atoms with Crippen LogP contribution in [0.2, 0.25) is 5.02 Å². The van der Waals surface area contributed by atoms with Crippen LogP contribution in [-0.2, 0) is 9.84 Å². The topological polar surface area (TPSA) is 70.2 Å². The summed E-state index contributed by atoms with van der Waals surface area (Å²) in [6.07, 6.45) is -0.288. The number of nitrogens with one attached hydrogen (secondary N) is 1. The van der Waals surface area contributed by atoms with Gasteiger partial charge in [-0.3, -0.25) is 0 Å². The Labute approximate surface area is 157 Å². The fourth-order valence-corrected chi connectivity index (χ4v) is 4.03. The molecular weight excluding hydrogens is 433 g/mol. The predicted octanol–water partition coefficient (Wildman–Crippen LogP) is 4.47. The van der Waals surface area contributed by atoms with Gasteiger partial charge in [0.25, 0.3) is 0 Å². The van der Waals surface area contributed by atoms with Gasteiger partial charge in [-0.15, -0.1) is 0 Å². The summed E-state index contributed by atoms with van der Waals surface area (Å²) in [6.45, 7) is 0. The Balaban J connectivity index is 2.32. The van der Waals surface area contributed by atoms with Gasteiger partial charge in [0.2, 0.25) is 0 Å². The van der Waals surface area contributed by atoms with Crippen LogP contribution in [0.4, 0.5) is 4.39 Å². The molecule has 0 saturated carbocycles. The van der Waals surface area contributed by atoms with Gasteiger partial charge in [0, 0.05) is 32.8 Å². The number of H-pyrrole nitrogens is 1. The molecule has 2 N–H and O–H groups in total. The average Bonchev–Trinajstić information content (AvgIpc) is 2.85. The molecule has 0 aliphatic carbocycles. The molecule has 0 spiro atoms. The second-order valence-corrected chi connectivity index (χ2v) is 9.26. The molecule has 2 aromatic carbocycles. The van der Waals surface area contributed by atoms with E-state index < -0.39 is 27.5 Å². The number of aromatic nitrogens is 1. The lowest BCUT2D eigenvalue weighted by molar-refractivity contribution is 0.198. The van der Waals surface area contributed by atoms with Gasteiger partial charge in [0.15, 0.2) is 0 Å². The largest absolute Gasteiger partial charge is 0.386 e. The minimum atomic E-state index is -3.43. The number of aromatic amines is 1. The summed E-state index contributed by atoms with van der Waals surface area (Å²) in [7, 11) is -3.43. The zero-order chi connectivity index (χ0) is 18.4. The fourth-order valence-electron chi connectivity index (χ4n) is 2.78. The second-order valence-electron chi connectivity index (χ2n) is 5.81. The van der Waals surface area contributed by atoms with Crippen LogP contribution in [0, 0.1) is 5.82 Å². The number of sulfone groups is 1. The zero-order valence-corrected chi connectivity index (χ0v) is 16.2. The highest BCUT2D eigenvalue weighted by atomic mass is 79.9. The SMILES string of the molecule is CS(=O)(=O)CC(O)c1[nH]c2cc(Br)c(Cl)cc2c1-c1ccccc1F. The van der Waals surface area contributed by atoms with E-state index in [0.717, 1.165) is 6.26 Å². The number of hydrogen-bond acceptors (Lipinski definition) is 3. The lowest BCUT2D eigenvalue weighted by Gasteiger charge is -2.12. The van der Waals surface area contributed by atoms with Crippen LogP contribution in [-0.4, -0.2) is 30.5 Å². The van der Waals surface area contributed by atoms with Gasteiger partial charge in [-0.05, 0) is 34.1 Å². The minimum Gasteiger partial charge on any atom is -0.386 e. The highest BCUT2D eigenvalue weighted by Gasteiger charge is 2.24. The summed E-state index contributed by atoms with van der Waals surface area (Å²) in [6, 6.07) is 9.47. The lowest BCUT2D eigenvalue weighted by Crippen LogP contribution is -2.13. The molecule has 4 nitrogen and oxygen atoms in total. The summed E-state index contributed by atoms with van der Waals surface area (Å²) in [5, 5.41) is 11.5. The number of rotatable bonds is 4. The third-order valence-corrected chi connectivity index (χ3v) is 5.92. The molecule has 0 aliphatic rings. The summed E-state index contributed by atoms with van der Waals surface area (Å²) < 4.78 is 38.2. The van der Waals surface area contributed by atoms with Crippen molar-refractivity contribution in [1.82, 2.24) is 4.98 Å². The molecule has 0 aliphatic heterocycles. The Bertz CT molecular complexity index is 1070. The fraction of sp³-hybridized carbons (Fsp3) is 0.176. The minimum absolute atomic E-state index is 0.236. The van der Waals surface area contributed by atoms with Crippen molar-refractivity contribution in [1.29, 1.82) is 0 Å². The van der Waals surface area contributed by atoms with E-state index in [1.54, 1.807) is 30.3 Å². The Hall–Kier alpha value is -1.41. The number of halogens is 3. The third kappa shape index (κ3) is 3.74. The molecule has 0 radical (unpaired) electrons. The summed E-state index contributed by atoms with van der Waals surface area (Å²) in [4.78, 5) is 3.01. The predicted molar refractivity (Wildman–Crippen MR) is 101 cm³/mol. The first-order valence-corrected chi connectivity index (χ1v) is 10.5. The summed E-state index contributed by atoms with van der Waals surface area (Å²) in [5.41, 5.74) is 1.50. The molecule has 0 bridgehead atoms. The van der Waals surface area contributed by atoms with Crippen molar-refractivity contribution in [2.75, 3.05) is 12.0 Å². The van der Waals surface area contributed by atoms with Crippen LogP contribution in [0.5, 0.6) is 0 Å². The highest BCUT2D eigenvalue weighted by Crippen LogP contribution is 2.40. The Kier molecular flexibility index (Phi) is 4.94. The monoisotopic (exact) mass is 445 g/mol. The van der Waals surface area contributed by atoms with Gasteiger partial charge in [-0.25, -0.2) is 12.8 Å². The molecule has 132 valence electrons. The molecule has 0 fully saturated rings. The van der Waals surface area contributed by atoms with Crippen molar-refractivity contribution in [2.24, 2.45) is 0 Å². The molecule has 1 atom stereocenters. The molecule has 1 heterocycles. The Morgan fingerprint density at radius 2 is 2.00 bits per heavy atom. The van der Waals surface area contributed by atoms with Gasteiger partial charge in [0.05, 0.1) is 16.5 Å². The summed E-state index contributed by atoms with van der Waals surface area (Å²) >= 11 is 9.49. The number of aliphatic hydroxyl groups excluding tert-OH is 1. The number of aliphatic hydroxyl groups is 1. The molecule has 25 heavy (non-hydrogen) atoms. The van der Waals surface area contributed by atoms with Crippen LogP contribution in [0.1, 0.15) is 11.8 Å². The van der Waals surface area contributed by atoms with Gasteiger partial charge >= 0.3 is 0 Å². The summed E-state index contributed by atoms with van der Waals surface area (Å²) in [5.74, 6) is -0.953. The average molecular weight is 447 g/mol. The van der Waals surface area contributed by atoms with Crippen molar-refractivity contribution in [3.8, 4) is 11.1 Å². The second kappa shape index (κ2) is 6.72. The highest BCUT2D eigenvalue weighted by molar-refractivity contribution is 9.10. The lowest BCUT2D eigenvalue weighted by atomic mass is 9.99. The molecule has 0 saturated heterocycles. The number of fused-ring (bicyclic) bond motifs is 1. The molecule has 0 amide bonds. The zero-order valence-electron chi connectivity index (χ0n) is 13.1. The van der Waals surface area contributed by atoms with E-state index in [9.17, 15) is 17.9 Å². The standard InChI is InChI=1S/C17H14BrClFNO3S/c1-25(23,24)8-15(22)17-16(9-4-2-3-5-13(9)20)10-6-12(19)11(18)7-14(10)21-17/h2-7,15,21-22H,8H2,1H3. The van der Waals surface area contributed by atoms with Gasteiger partial charge in [0.1, 0.15) is 21.8 Å². The van der Waals surface area contributed by atoms with Crippen molar-refractivity contribution >= 4 is 48.3 Å².